The van der Waals surface area contributed by atoms with E-state index in [1.54, 1.807) is 0 Å². The van der Waals surface area contributed by atoms with Crippen LogP contribution in [0.2, 0.25) is 0 Å². The normalized spacial score (nSPS) is 11.6. The molecule has 1 N–H and O–H groups in total. The molecule has 0 aromatic heterocycles. The standard InChI is InChI=1S/C29H27N2OP/c1-31(2)23-28(30-29(32)24-15-7-3-8-16-24)33(25-17-9-4-10-18-25,26-19-11-5-12-20-26)27-21-13-6-14-22-27/h3-23H,1-2H3/p+1. The highest BCUT2D eigenvalue weighted by Gasteiger charge is 2.50. The molecule has 1 amide bonds. The minimum absolute atomic E-state index is 0.115. The van der Waals surface area contributed by atoms with E-state index in [2.05, 4.69) is 84.3 Å². The number of nitrogens with one attached hydrogen (secondary N) is 1. The number of nitrogens with zero attached hydrogens (tertiary/aromatic N) is 1. The van der Waals surface area contributed by atoms with Crippen LogP contribution in [0.3, 0.4) is 0 Å². The molecule has 3 nitrogen and oxygen atoms in total. The van der Waals surface area contributed by atoms with Gasteiger partial charge < -0.3 is 4.90 Å². The predicted octanol–water partition coefficient (Wildman–Crippen LogP) is 4.77. The summed E-state index contributed by atoms with van der Waals surface area (Å²) in [5.41, 5.74) is 1.53. The first-order valence-corrected chi connectivity index (χ1v) is 12.7. The maximum absolute atomic E-state index is 13.4. The second kappa shape index (κ2) is 10.3. The first kappa shape index (κ1) is 22.5. The van der Waals surface area contributed by atoms with Crippen molar-refractivity contribution in [3.63, 3.8) is 0 Å². The van der Waals surface area contributed by atoms with E-state index in [1.807, 2.05) is 67.5 Å². The molecule has 0 saturated heterocycles. The maximum atomic E-state index is 13.4. The molecule has 4 aromatic rings. The molecule has 4 heteroatoms. The van der Waals surface area contributed by atoms with Crippen molar-refractivity contribution in [3.8, 4) is 0 Å². The molecule has 0 aliphatic rings. The Kier molecular flexibility index (Phi) is 7.02. The molecule has 0 heterocycles. The minimum Gasteiger partial charge on any atom is -0.379 e. The summed E-state index contributed by atoms with van der Waals surface area (Å²) in [4.78, 5) is 15.4. The molecule has 0 unspecified atom stereocenters. The molecule has 0 saturated carbocycles. The monoisotopic (exact) mass is 451 g/mol. The van der Waals surface area contributed by atoms with Crippen LogP contribution < -0.4 is 21.2 Å². The highest BCUT2D eigenvalue weighted by atomic mass is 31.2. The summed E-state index contributed by atoms with van der Waals surface area (Å²) < 4.78 is 0. The first-order chi connectivity index (χ1) is 16.1. The van der Waals surface area contributed by atoms with Gasteiger partial charge >= 0.3 is 0 Å². The summed E-state index contributed by atoms with van der Waals surface area (Å²) in [5, 5.41) is 6.88. The second-order valence-electron chi connectivity index (χ2n) is 7.98. The molecule has 0 aliphatic carbocycles. The van der Waals surface area contributed by atoms with Crippen LogP contribution in [0.1, 0.15) is 10.4 Å². The zero-order valence-corrected chi connectivity index (χ0v) is 19.8. The van der Waals surface area contributed by atoms with E-state index < -0.39 is 7.26 Å². The second-order valence-corrected chi connectivity index (χ2v) is 11.3. The summed E-state index contributed by atoms with van der Waals surface area (Å²) in [6.45, 7) is 0. The molecular weight excluding hydrogens is 423 g/mol. The molecule has 0 atom stereocenters. The molecule has 0 radical (unpaired) electrons. The molecule has 0 aliphatic heterocycles. The van der Waals surface area contributed by atoms with Crippen molar-refractivity contribution in [2.24, 2.45) is 0 Å². The number of hydrogen-bond donors (Lipinski definition) is 1. The van der Waals surface area contributed by atoms with E-state index >= 15 is 0 Å². The third-order valence-corrected chi connectivity index (χ3v) is 9.62. The van der Waals surface area contributed by atoms with Gasteiger partial charge in [0.15, 0.2) is 12.7 Å². The molecule has 0 spiro atoms. The van der Waals surface area contributed by atoms with Crippen molar-refractivity contribution in [1.82, 2.24) is 10.2 Å². The fourth-order valence-electron chi connectivity index (χ4n) is 4.04. The van der Waals surface area contributed by atoms with Crippen LogP contribution in [-0.2, 0) is 0 Å². The highest BCUT2D eigenvalue weighted by Crippen LogP contribution is 2.61. The van der Waals surface area contributed by atoms with Gasteiger partial charge in [-0.25, -0.2) is 0 Å². The highest BCUT2D eigenvalue weighted by molar-refractivity contribution is 7.99. The molecule has 33 heavy (non-hydrogen) atoms. The number of amides is 1. The van der Waals surface area contributed by atoms with Gasteiger partial charge in [-0.1, -0.05) is 72.8 Å². The largest absolute Gasteiger partial charge is 0.379 e. The number of rotatable bonds is 7. The minimum atomic E-state index is -2.40. The average molecular weight is 452 g/mol. The van der Waals surface area contributed by atoms with Crippen molar-refractivity contribution in [1.29, 1.82) is 0 Å². The smallest absolute Gasteiger partial charge is 0.258 e. The number of benzene rings is 4. The van der Waals surface area contributed by atoms with Gasteiger partial charge in [0.25, 0.3) is 5.91 Å². The Labute approximate surface area is 196 Å². The average Bonchev–Trinajstić information content (AvgIpc) is 2.87. The SMILES string of the molecule is CN(C)C=C(NC(=O)c1ccccc1)[P+](c1ccccc1)(c1ccccc1)c1ccccc1. The van der Waals surface area contributed by atoms with Gasteiger partial charge in [0.2, 0.25) is 0 Å². The number of hydrogen-bond acceptors (Lipinski definition) is 2. The molecule has 0 bridgehead atoms. The van der Waals surface area contributed by atoms with Crippen LogP contribution in [-0.4, -0.2) is 24.9 Å². The van der Waals surface area contributed by atoms with Crippen LogP contribution in [0.25, 0.3) is 0 Å². The van der Waals surface area contributed by atoms with E-state index in [-0.39, 0.29) is 5.91 Å². The predicted molar refractivity (Wildman–Crippen MR) is 141 cm³/mol. The third-order valence-electron chi connectivity index (χ3n) is 5.45. The fourth-order valence-corrected chi connectivity index (χ4v) is 8.30. The van der Waals surface area contributed by atoms with Crippen LogP contribution in [0, 0.1) is 0 Å². The summed E-state index contributed by atoms with van der Waals surface area (Å²) in [5.74, 6) is -0.115. The Morgan fingerprint density at radius 2 is 1.00 bits per heavy atom. The van der Waals surface area contributed by atoms with E-state index in [4.69, 9.17) is 0 Å². The topological polar surface area (TPSA) is 32.3 Å². The maximum Gasteiger partial charge on any atom is 0.258 e. The van der Waals surface area contributed by atoms with Crippen LogP contribution in [0.15, 0.2) is 133 Å². The van der Waals surface area contributed by atoms with E-state index in [0.29, 0.717) is 5.56 Å². The zero-order valence-electron chi connectivity index (χ0n) is 18.9. The summed E-state index contributed by atoms with van der Waals surface area (Å²) in [7, 11) is 1.58. The zero-order chi connectivity index (χ0) is 23.1. The molecule has 4 aromatic carbocycles. The Bertz CT molecular complexity index is 1110. The van der Waals surface area contributed by atoms with Crippen molar-refractivity contribution in [2.75, 3.05) is 14.1 Å². The van der Waals surface area contributed by atoms with Crippen LogP contribution in [0.4, 0.5) is 0 Å². The number of carbonyl (C=O) groups is 1. The van der Waals surface area contributed by atoms with Gasteiger partial charge in [-0.05, 0) is 48.5 Å². The van der Waals surface area contributed by atoms with Gasteiger partial charge in [-0.2, -0.15) is 0 Å². The quantitative estimate of drug-likeness (QED) is 0.411. The first-order valence-electron chi connectivity index (χ1n) is 10.9. The van der Waals surface area contributed by atoms with Gasteiger partial charge in [-0.3, -0.25) is 10.1 Å². The Hall–Kier alpha value is -3.68. The fraction of sp³-hybridized carbons (Fsp3) is 0.0690. The lowest BCUT2D eigenvalue weighted by Crippen LogP contribution is -2.39. The summed E-state index contributed by atoms with van der Waals surface area (Å²) >= 11 is 0. The molecular formula is C29H28N2OP+. The van der Waals surface area contributed by atoms with Gasteiger partial charge in [0, 0.05) is 19.7 Å². The Morgan fingerprint density at radius 1 is 0.636 bits per heavy atom. The summed E-state index contributed by atoms with van der Waals surface area (Å²) in [6, 6.07) is 40.9. The van der Waals surface area contributed by atoms with Gasteiger partial charge in [0.1, 0.15) is 15.9 Å². The van der Waals surface area contributed by atoms with E-state index in [9.17, 15) is 4.79 Å². The molecule has 4 rings (SSSR count). The van der Waals surface area contributed by atoms with Gasteiger partial charge in [0.05, 0.1) is 6.20 Å². The lowest BCUT2D eigenvalue weighted by molar-refractivity contribution is 0.0968. The Morgan fingerprint density at radius 3 is 1.36 bits per heavy atom. The molecule has 164 valence electrons. The lowest BCUT2D eigenvalue weighted by Gasteiger charge is -2.30. The molecule has 0 fully saturated rings. The van der Waals surface area contributed by atoms with Gasteiger partial charge in [-0.15, -0.1) is 0 Å². The lowest BCUT2D eigenvalue weighted by atomic mass is 10.2. The van der Waals surface area contributed by atoms with Crippen molar-refractivity contribution >= 4 is 29.1 Å². The van der Waals surface area contributed by atoms with Crippen molar-refractivity contribution in [3.05, 3.63) is 139 Å². The van der Waals surface area contributed by atoms with Crippen LogP contribution >= 0.6 is 7.26 Å². The van der Waals surface area contributed by atoms with Crippen molar-refractivity contribution in [2.45, 2.75) is 0 Å². The Balaban J connectivity index is 2.02. The summed E-state index contributed by atoms with van der Waals surface area (Å²) in [6.07, 6.45) is 2.06. The number of carbonyl (C=O) groups excluding carboxylic acids is 1. The van der Waals surface area contributed by atoms with Crippen LogP contribution in [0.5, 0.6) is 0 Å². The van der Waals surface area contributed by atoms with E-state index in [0.717, 1.165) is 5.44 Å². The third kappa shape index (κ3) is 4.74. The van der Waals surface area contributed by atoms with Crippen molar-refractivity contribution < 1.29 is 4.79 Å². The van der Waals surface area contributed by atoms with E-state index in [1.165, 1.54) is 15.9 Å².